The third-order valence-corrected chi connectivity index (χ3v) is 6.85. The van der Waals surface area contributed by atoms with E-state index in [1.54, 1.807) is 33.0 Å². The molecule has 1 amide bonds. The maximum atomic E-state index is 13.0. The summed E-state index contributed by atoms with van der Waals surface area (Å²) >= 11 is 0. The zero-order valence-corrected chi connectivity index (χ0v) is 17.3. The summed E-state index contributed by atoms with van der Waals surface area (Å²) < 4.78 is 42.6. The molecule has 0 bridgehead atoms. The van der Waals surface area contributed by atoms with Crippen LogP contribution < -0.4 is 0 Å². The van der Waals surface area contributed by atoms with Crippen LogP contribution >= 0.6 is 0 Å². The van der Waals surface area contributed by atoms with Crippen molar-refractivity contribution in [2.24, 2.45) is 5.92 Å². The molecule has 0 radical (unpaired) electrons. The Morgan fingerprint density at radius 2 is 1.89 bits per heavy atom. The molecule has 2 rings (SSSR count). The molecule has 1 unspecified atom stereocenters. The van der Waals surface area contributed by atoms with E-state index in [1.165, 1.54) is 4.31 Å². The van der Waals surface area contributed by atoms with Crippen molar-refractivity contribution >= 4 is 15.9 Å². The van der Waals surface area contributed by atoms with Gasteiger partial charge in [0.05, 0.1) is 19.1 Å². The van der Waals surface area contributed by atoms with E-state index in [9.17, 15) is 13.2 Å². The van der Waals surface area contributed by atoms with Gasteiger partial charge in [0.25, 0.3) is 0 Å². The van der Waals surface area contributed by atoms with Gasteiger partial charge in [-0.05, 0) is 26.7 Å². The number of aryl methyl sites for hydroxylation is 2. The van der Waals surface area contributed by atoms with Gasteiger partial charge in [-0.3, -0.25) is 4.79 Å². The largest absolute Gasteiger partial charge is 0.383 e. The molecule has 1 saturated heterocycles. The van der Waals surface area contributed by atoms with E-state index in [4.69, 9.17) is 14.0 Å². The van der Waals surface area contributed by atoms with E-state index in [2.05, 4.69) is 5.16 Å². The zero-order chi connectivity index (χ0) is 20.0. The van der Waals surface area contributed by atoms with Crippen molar-refractivity contribution in [3.63, 3.8) is 0 Å². The number of hydrogen-bond acceptors (Lipinski definition) is 7. The van der Waals surface area contributed by atoms with Gasteiger partial charge in [0.1, 0.15) is 10.6 Å². The highest BCUT2D eigenvalue weighted by atomic mass is 32.2. The fourth-order valence-electron chi connectivity index (χ4n) is 3.33. The first kappa shape index (κ1) is 21.8. The molecule has 154 valence electrons. The van der Waals surface area contributed by atoms with Crippen molar-refractivity contribution in [3.05, 3.63) is 11.5 Å². The van der Waals surface area contributed by atoms with E-state index in [0.29, 0.717) is 51.4 Å². The number of amides is 1. The van der Waals surface area contributed by atoms with Crippen molar-refractivity contribution < 1.29 is 27.2 Å². The SMILES string of the molecule is COCCN(CCOC)C(=O)C1CCCN(S(=O)(=O)c2c(C)noc2C)C1. The Labute approximate surface area is 160 Å². The normalized spacial score (nSPS) is 18.6. The van der Waals surface area contributed by atoms with Crippen molar-refractivity contribution in [3.8, 4) is 0 Å². The third-order valence-electron chi connectivity index (χ3n) is 4.74. The number of carbonyl (C=O) groups is 1. The number of piperidine rings is 1. The molecule has 27 heavy (non-hydrogen) atoms. The van der Waals surface area contributed by atoms with Gasteiger partial charge in [-0.1, -0.05) is 5.16 Å². The zero-order valence-electron chi connectivity index (χ0n) is 16.4. The summed E-state index contributed by atoms with van der Waals surface area (Å²) in [6.07, 6.45) is 1.28. The average Bonchev–Trinajstić information content (AvgIpc) is 3.00. The third kappa shape index (κ3) is 5.07. The van der Waals surface area contributed by atoms with Crippen LogP contribution in [-0.4, -0.2) is 82.3 Å². The predicted octanol–water partition coefficient (Wildman–Crippen LogP) is 0.814. The molecule has 0 saturated carbocycles. The van der Waals surface area contributed by atoms with Crippen LogP contribution in [-0.2, 0) is 24.3 Å². The van der Waals surface area contributed by atoms with Gasteiger partial charge in [-0.2, -0.15) is 4.31 Å². The molecular formula is C17H29N3O6S. The number of hydrogen-bond donors (Lipinski definition) is 0. The molecule has 0 spiro atoms. The van der Waals surface area contributed by atoms with Crippen LogP contribution in [0.5, 0.6) is 0 Å². The summed E-state index contributed by atoms with van der Waals surface area (Å²) in [5.74, 6) is -0.187. The fourth-order valence-corrected chi connectivity index (χ4v) is 5.14. The molecule has 0 aliphatic carbocycles. The number of carbonyl (C=O) groups excluding carboxylic acids is 1. The second-order valence-electron chi connectivity index (χ2n) is 6.67. The summed E-state index contributed by atoms with van der Waals surface area (Å²) in [5.41, 5.74) is 0.336. The molecule has 0 N–H and O–H groups in total. The molecule has 2 heterocycles. The first-order chi connectivity index (χ1) is 12.8. The molecule has 0 aromatic carbocycles. The van der Waals surface area contributed by atoms with Crippen LogP contribution in [0.4, 0.5) is 0 Å². The Bertz CT molecular complexity index is 706. The Morgan fingerprint density at radius 3 is 2.41 bits per heavy atom. The minimum absolute atomic E-state index is 0.0669. The van der Waals surface area contributed by atoms with E-state index >= 15 is 0 Å². The van der Waals surface area contributed by atoms with E-state index in [0.717, 1.165) is 0 Å². The van der Waals surface area contributed by atoms with Crippen molar-refractivity contribution in [1.29, 1.82) is 0 Å². The Morgan fingerprint density at radius 1 is 1.26 bits per heavy atom. The molecule has 9 nitrogen and oxygen atoms in total. The summed E-state index contributed by atoms with van der Waals surface area (Å²) in [5, 5.41) is 3.74. The topological polar surface area (TPSA) is 102 Å². The highest BCUT2D eigenvalue weighted by Gasteiger charge is 2.37. The highest BCUT2D eigenvalue weighted by Crippen LogP contribution is 2.28. The standard InChI is InChI=1S/C17H29N3O6S/c1-13-16(14(2)26-18-13)27(22,23)20-7-5-6-15(12-20)17(21)19(8-10-24-3)9-11-25-4/h15H,5-12H2,1-4H3. The van der Waals surface area contributed by atoms with Gasteiger partial charge < -0.3 is 18.9 Å². The quantitative estimate of drug-likeness (QED) is 0.601. The number of sulfonamides is 1. The molecule has 1 fully saturated rings. The predicted molar refractivity (Wildman–Crippen MR) is 97.8 cm³/mol. The Kier molecular flexibility index (Phi) is 7.78. The molecule has 1 aliphatic heterocycles. The van der Waals surface area contributed by atoms with Crippen LogP contribution in [0.3, 0.4) is 0 Å². The molecule has 1 aromatic rings. The van der Waals surface area contributed by atoms with Crippen molar-refractivity contribution in [2.45, 2.75) is 31.6 Å². The van der Waals surface area contributed by atoms with Crippen molar-refractivity contribution in [1.82, 2.24) is 14.4 Å². The van der Waals surface area contributed by atoms with Gasteiger partial charge in [-0.25, -0.2) is 8.42 Å². The van der Waals surface area contributed by atoms with E-state index in [1.807, 2.05) is 0 Å². The second kappa shape index (κ2) is 9.63. The summed E-state index contributed by atoms with van der Waals surface area (Å²) in [6, 6.07) is 0. The number of aromatic nitrogens is 1. The number of rotatable bonds is 9. The lowest BCUT2D eigenvalue weighted by Crippen LogP contribution is -2.48. The molecule has 1 atom stereocenters. The molecule has 1 aromatic heterocycles. The fraction of sp³-hybridized carbons (Fsp3) is 0.765. The molecule has 1 aliphatic rings. The summed E-state index contributed by atoms with van der Waals surface area (Å²) in [6.45, 7) is 5.46. The number of ether oxygens (including phenoxy) is 2. The van der Waals surface area contributed by atoms with E-state index < -0.39 is 10.0 Å². The Balaban J connectivity index is 2.15. The average molecular weight is 404 g/mol. The lowest BCUT2D eigenvalue weighted by Gasteiger charge is -2.34. The number of methoxy groups -OCH3 is 2. The minimum Gasteiger partial charge on any atom is -0.383 e. The minimum atomic E-state index is -3.75. The van der Waals surface area contributed by atoms with Gasteiger partial charge in [0.2, 0.25) is 15.9 Å². The van der Waals surface area contributed by atoms with Crippen LogP contribution in [0.1, 0.15) is 24.3 Å². The van der Waals surface area contributed by atoms with Crippen LogP contribution in [0, 0.1) is 19.8 Å². The summed E-state index contributed by atoms with van der Waals surface area (Å²) in [7, 11) is -0.587. The first-order valence-electron chi connectivity index (χ1n) is 9.02. The van der Waals surface area contributed by atoms with Crippen LogP contribution in [0.2, 0.25) is 0 Å². The van der Waals surface area contributed by atoms with E-state index in [-0.39, 0.29) is 29.0 Å². The van der Waals surface area contributed by atoms with Gasteiger partial charge in [0, 0.05) is 40.4 Å². The lowest BCUT2D eigenvalue weighted by atomic mass is 9.98. The van der Waals surface area contributed by atoms with Gasteiger partial charge >= 0.3 is 0 Å². The Hall–Kier alpha value is -1.49. The molecular weight excluding hydrogens is 374 g/mol. The maximum absolute atomic E-state index is 13.0. The number of nitrogens with zero attached hydrogens (tertiary/aromatic N) is 3. The first-order valence-corrected chi connectivity index (χ1v) is 10.5. The maximum Gasteiger partial charge on any atom is 0.248 e. The highest BCUT2D eigenvalue weighted by molar-refractivity contribution is 7.89. The monoisotopic (exact) mass is 403 g/mol. The van der Waals surface area contributed by atoms with Gasteiger partial charge in [0.15, 0.2) is 5.76 Å². The second-order valence-corrected chi connectivity index (χ2v) is 8.54. The molecule has 10 heteroatoms. The van der Waals surface area contributed by atoms with Crippen molar-refractivity contribution in [2.75, 3.05) is 53.6 Å². The smallest absolute Gasteiger partial charge is 0.248 e. The lowest BCUT2D eigenvalue weighted by molar-refractivity contribution is -0.138. The summed E-state index contributed by atoms with van der Waals surface area (Å²) in [4.78, 5) is 14.8. The van der Waals surface area contributed by atoms with Crippen LogP contribution in [0.25, 0.3) is 0 Å². The van der Waals surface area contributed by atoms with Gasteiger partial charge in [-0.15, -0.1) is 0 Å². The van der Waals surface area contributed by atoms with Crippen LogP contribution in [0.15, 0.2) is 9.42 Å².